The zero-order chi connectivity index (χ0) is 16.9. The summed E-state index contributed by atoms with van der Waals surface area (Å²) >= 11 is 0. The highest BCUT2D eigenvalue weighted by molar-refractivity contribution is 5.80. The Morgan fingerprint density at radius 2 is 1.88 bits per heavy atom. The molecule has 24 heavy (non-hydrogen) atoms. The van der Waals surface area contributed by atoms with Gasteiger partial charge in [0.15, 0.2) is 11.5 Å². The molecule has 0 saturated carbocycles. The highest BCUT2D eigenvalue weighted by Crippen LogP contribution is 2.32. The van der Waals surface area contributed by atoms with Crippen LogP contribution in [0, 0.1) is 6.92 Å². The molecule has 0 fully saturated rings. The first-order chi connectivity index (χ1) is 11.7. The van der Waals surface area contributed by atoms with Crippen molar-refractivity contribution in [1.82, 2.24) is 9.97 Å². The normalized spacial score (nSPS) is 11.0. The van der Waals surface area contributed by atoms with E-state index in [4.69, 9.17) is 9.47 Å². The number of benzene rings is 2. The molecule has 1 aromatic heterocycles. The van der Waals surface area contributed by atoms with E-state index in [2.05, 4.69) is 35.9 Å². The van der Waals surface area contributed by atoms with Gasteiger partial charge < -0.3 is 14.5 Å². The van der Waals surface area contributed by atoms with Gasteiger partial charge in [0.2, 0.25) is 0 Å². The number of fused-ring (bicyclic) bond motifs is 1. The number of aromatic nitrogens is 2. The van der Waals surface area contributed by atoms with E-state index in [1.54, 1.807) is 0 Å². The number of nitrogens with zero attached hydrogens (tertiary/aromatic N) is 1. The maximum absolute atomic E-state index is 5.84. The Labute approximate surface area is 142 Å². The third kappa shape index (κ3) is 3.53. The molecule has 2 aromatic carbocycles. The van der Waals surface area contributed by atoms with Crippen LogP contribution in [0.5, 0.6) is 11.5 Å². The molecule has 1 heterocycles. The van der Waals surface area contributed by atoms with E-state index < -0.39 is 0 Å². The first kappa shape index (κ1) is 16.4. The second-order valence-electron chi connectivity index (χ2n) is 5.90. The molecule has 0 unspecified atom stereocenters. The average Bonchev–Trinajstić information content (AvgIpc) is 2.99. The lowest BCUT2D eigenvalue weighted by Gasteiger charge is -2.12. The van der Waals surface area contributed by atoms with Crippen LogP contribution >= 0.6 is 0 Å². The number of unbranched alkanes of at least 4 members (excludes halogenated alkanes) is 1. The lowest BCUT2D eigenvalue weighted by molar-refractivity contribution is 0.273. The minimum absolute atomic E-state index is 0.604. The topological polar surface area (TPSA) is 47.1 Å². The summed E-state index contributed by atoms with van der Waals surface area (Å²) in [5.74, 6) is 2.40. The zero-order valence-corrected chi connectivity index (χ0v) is 14.6. The molecular weight excluding hydrogens is 300 g/mol. The molecule has 3 aromatic rings. The molecule has 0 spiro atoms. The Balaban J connectivity index is 1.92. The van der Waals surface area contributed by atoms with Gasteiger partial charge in [-0.05, 0) is 56.2 Å². The molecule has 3 rings (SSSR count). The number of imidazole rings is 1. The number of hydrogen-bond acceptors (Lipinski definition) is 3. The van der Waals surface area contributed by atoms with Crippen LogP contribution in [0.15, 0.2) is 36.4 Å². The van der Waals surface area contributed by atoms with Gasteiger partial charge in [-0.3, -0.25) is 0 Å². The van der Waals surface area contributed by atoms with Crippen molar-refractivity contribution < 1.29 is 9.47 Å². The average molecular weight is 324 g/mol. The van der Waals surface area contributed by atoms with Gasteiger partial charge in [-0.1, -0.05) is 19.4 Å². The molecule has 0 radical (unpaired) electrons. The van der Waals surface area contributed by atoms with Crippen LogP contribution in [-0.2, 0) is 0 Å². The van der Waals surface area contributed by atoms with Gasteiger partial charge >= 0.3 is 0 Å². The summed E-state index contributed by atoms with van der Waals surface area (Å²) in [5, 5.41) is 0. The smallest absolute Gasteiger partial charge is 0.161 e. The van der Waals surface area contributed by atoms with Crippen LogP contribution in [0.2, 0.25) is 0 Å². The van der Waals surface area contributed by atoms with Crippen molar-refractivity contribution in [3.8, 4) is 22.9 Å². The van der Waals surface area contributed by atoms with Crippen molar-refractivity contribution in [3.63, 3.8) is 0 Å². The van der Waals surface area contributed by atoms with Crippen LogP contribution in [0.4, 0.5) is 0 Å². The summed E-state index contributed by atoms with van der Waals surface area (Å²) in [6.07, 6.45) is 2.15. The van der Waals surface area contributed by atoms with E-state index >= 15 is 0 Å². The van der Waals surface area contributed by atoms with Crippen LogP contribution in [0.25, 0.3) is 22.4 Å². The zero-order valence-electron chi connectivity index (χ0n) is 14.6. The van der Waals surface area contributed by atoms with Crippen molar-refractivity contribution in [3.05, 3.63) is 42.0 Å². The van der Waals surface area contributed by atoms with Crippen LogP contribution < -0.4 is 9.47 Å². The number of rotatable bonds is 7. The summed E-state index contributed by atoms with van der Waals surface area (Å²) in [6.45, 7) is 7.52. The Hall–Kier alpha value is -2.49. The Morgan fingerprint density at radius 1 is 1.00 bits per heavy atom. The lowest BCUT2D eigenvalue weighted by Crippen LogP contribution is -2.01. The van der Waals surface area contributed by atoms with Crippen molar-refractivity contribution >= 4 is 11.0 Å². The number of ether oxygens (including phenoxy) is 2. The fourth-order valence-electron chi connectivity index (χ4n) is 2.63. The van der Waals surface area contributed by atoms with Gasteiger partial charge in [0.1, 0.15) is 5.82 Å². The number of aromatic amines is 1. The summed E-state index contributed by atoms with van der Waals surface area (Å²) in [4.78, 5) is 8.06. The van der Waals surface area contributed by atoms with Gasteiger partial charge in [0, 0.05) is 5.56 Å². The van der Waals surface area contributed by atoms with Crippen molar-refractivity contribution in [1.29, 1.82) is 0 Å². The highest BCUT2D eigenvalue weighted by atomic mass is 16.5. The minimum Gasteiger partial charge on any atom is -0.490 e. The molecule has 0 atom stereocenters. The second-order valence-corrected chi connectivity index (χ2v) is 5.90. The first-order valence-electron chi connectivity index (χ1n) is 8.57. The molecule has 4 nitrogen and oxygen atoms in total. The summed E-state index contributed by atoms with van der Waals surface area (Å²) in [5.41, 5.74) is 4.23. The molecule has 1 N–H and O–H groups in total. The number of nitrogens with one attached hydrogen (secondary N) is 1. The summed E-state index contributed by atoms with van der Waals surface area (Å²) in [7, 11) is 0. The summed E-state index contributed by atoms with van der Waals surface area (Å²) < 4.78 is 11.6. The first-order valence-corrected chi connectivity index (χ1v) is 8.57. The standard InChI is InChI=1S/C20H24N2O2/c1-4-6-11-24-18-10-8-15(13-19(18)23-5-2)20-21-16-9-7-14(3)12-17(16)22-20/h7-10,12-13H,4-6,11H2,1-3H3,(H,21,22). The molecule has 0 amide bonds. The van der Waals surface area contributed by atoms with Crippen LogP contribution in [-0.4, -0.2) is 23.2 Å². The van der Waals surface area contributed by atoms with E-state index in [1.165, 1.54) is 5.56 Å². The molecule has 0 bridgehead atoms. The monoisotopic (exact) mass is 324 g/mol. The lowest BCUT2D eigenvalue weighted by atomic mass is 10.2. The maximum atomic E-state index is 5.84. The molecule has 0 aliphatic carbocycles. The molecule has 0 aliphatic heterocycles. The Kier molecular flexibility index (Phi) is 5.04. The predicted octanol–water partition coefficient (Wildman–Crippen LogP) is 5.12. The third-order valence-corrected chi connectivity index (χ3v) is 3.91. The molecular formula is C20H24N2O2. The number of hydrogen-bond donors (Lipinski definition) is 1. The minimum atomic E-state index is 0.604. The van der Waals surface area contributed by atoms with E-state index in [0.29, 0.717) is 13.2 Å². The van der Waals surface area contributed by atoms with Gasteiger partial charge in [-0.2, -0.15) is 0 Å². The number of H-pyrrole nitrogens is 1. The fourth-order valence-corrected chi connectivity index (χ4v) is 2.63. The molecule has 0 aliphatic rings. The van der Waals surface area contributed by atoms with Crippen LogP contribution in [0.3, 0.4) is 0 Å². The van der Waals surface area contributed by atoms with Crippen molar-refractivity contribution in [2.45, 2.75) is 33.6 Å². The van der Waals surface area contributed by atoms with Crippen molar-refractivity contribution in [2.75, 3.05) is 13.2 Å². The molecule has 0 saturated heterocycles. The second kappa shape index (κ2) is 7.39. The van der Waals surface area contributed by atoms with Crippen molar-refractivity contribution in [2.24, 2.45) is 0 Å². The SMILES string of the molecule is CCCCOc1ccc(-c2nc3ccc(C)cc3[nH]2)cc1OCC. The maximum Gasteiger partial charge on any atom is 0.161 e. The van der Waals surface area contributed by atoms with E-state index in [0.717, 1.165) is 46.8 Å². The Bertz CT molecular complexity index is 824. The Morgan fingerprint density at radius 3 is 2.67 bits per heavy atom. The van der Waals surface area contributed by atoms with E-state index in [9.17, 15) is 0 Å². The highest BCUT2D eigenvalue weighted by Gasteiger charge is 2.11. The third-order valence-electron chi connectivity index (χ3n) is 3.91. The van der Waals surface area contributed by atoms with Crippen LogP contribution in [0.1, 0.15) is 32.3 Å². The van der Waals surface area contributed by atoms with E-state index in [1.807, 2.05) is 31.2 Å². The predicted molar refractivity (Wildman–Crippen MR) is 97.8 cm³/mol. The van der Waals surface area contributed by atoms with E-state index in [-0.39, 0.29) is 0 Å². The van der Waals surface area contributed by atoms with Gasteiger partial charge in [0.05, 0.1) is 24.2 Å². The summed E-state index contributed by atoms with van der Waals surface area (Å²) in [6, 6.07) is 12.2. The molecule has 126 valence electrons. The van der Waals surface area contributed by atoms with Gasteiger partial charge in [-0.15, -0.1) is 0 Å². The fraction of sp³-hybridized carbons (Fsp3) is 0.350. The number of aryl methyl sites for hydroxylation is 1. The van der Waals surface area contributed by atoms with Gasteiger partial charge in [-0.25, -0.2) is 4.98 Å². The quantitative estimate of drug-likeness (QED) is 0.614. The largest absolute Gasteiger partial charge is 0.490 e. The molecule has 4 heteroatoms. The van der Waals surface area contributed by atoms with Gasteiger partial charge in [0.25, 0.3) is 0 Å².